The van der Waals surface area contributed by atoms with Crippen molar-refractivity contribution in [1.82, 2.24) is 10.4 Å². The smallest absolute Gasteiger partial charge is 0.221 e. The van der Waals surface area contributed by atoms with Crippen molar-refractivity contribution in [1.29, 1.82) is 0 Å². The van der Waals surface area contributed by atoms with Crippen LogP contribution in [0.3, 0.4) is 0 Å². The molecule has 3 rings (SSSR count). The molecule has 0 saturated carbocycles. The SMILES string of the molecule is CCc1cccc(NC)c1COc1cccc(-c2ccc(F)cc2)n1.NNC=O. The highest BCUT2D eigenvalue weighted by atomic mass is 19.1. The molecule has 3 aromatic rings. The van der Waals surface area contributed by atoms with Gasteiger partial charge in [-0.2, -0.15) is 0 Å². The Labute approximate surface area is 169 Å². The molecule has 0 atom stereocenters. The summed E-state index contributed by atoms with van der Waals surface area (Å²) in [6, 6.07) is 18.1. The van der Waals surface area contributed by atoms with E-state index in [1.165, 1.54) is 17.7 Å². The lowest BCUT2D eigenvalue weighted by Crippen LogP contribution is -2.18. The number of pyridine rings is 1. The van der Waals surface area contributed by atoms with E-state index >= 15 is 0 Å². The second-order valence-electron chi connectivity index (χ2n) is 5.99. The highest BCUT2D eigenvalue weighted by Crippen LogP contribution is 2.24. The van der Waals surface area contributed by atoms with Crippen LogP contribution in [0.5, 0.6) is 5.88 Å². The van der Waals surface area contributed by atoms with Crippen molar-refractivity contribution in [3.63, 3.8) is 0 Å². The van der Waals surface area contributed by atoms with Crippen LogP contribution in [-0.4, -0.2) is 18.4 Å². The van der Waals surface area contributed by atoms with E-state index < -0.39 is 0 Å². The van der Waals surface area contributed by atoms with Gasteiger partial charge >= 0.3 is 0 Å². The largest absolute Gasteiger partial charge is 0.473 e. The number of hydrogen-bond acceptors (Lipinski definition) is 5. The Kier molecular flexibility index (Phi) is 8.59. The highest BCUT2D eigenvalue weighted by Gasteiger charge is 2.08. The number of nitrogens with zero attached hydrogens (tertiary/aromatic N) is 1. The van der Waals surface area contributed by atoms with Gasteiger partial charge in [0.15, 0.2) is 0 Å². The standard InChI is InChI=1S/C21H21FN2O.CH4N2O/c1-3-15-6-4-8-20(23-2)18(15)14-25-21-9-5-7-19(24-21)16-10-12-17(22)13-11-16;2-3-1-4/h4-13,23H,3,14H2,1-2H3;1H,2H2,(H,3,4). The molecule has 0 spiro atoms. The second kappa shape index (κ2) is 11.4. The van der Waals surface area contributed by atoms with Gasteiger partial charge in [-0.15, -0.1) is 0 Å². The summed E-state index contributed by atoms with van der Waals surface area (Å²) in [6.45, 7) is 2.58. The molecule has 152 valence electrons. The summed E-state index contributed by atoms with van der Waals surface area (Å²) in [5.41, 5.74) is 6.82. The summed E-state index contributed by atoms with van der Waals surface area (Å²) in [4.78, 5) is 13.5. The number of ether oxygens (including phenoxy) is 1. The first-order valence-corrected chi connectivity index (χ1v) is 9.17. The summed E-state index contributed by atoms with van der Waals surface area (Å²) in [5.74, 6) is 4.70. The van der Waals surface area contributed by atoms with Crippen molar-refractivity contribution in [3.05, 3.63) is 77.6 Å². The van der Waals surface area contributed by atoms with Crippen LogP contribution in [0.15, 0.2) is 60.7 Å². The zero-order valence-electron chi connectivity index (χ0n) is 16.5. The van der Waals surface area contributed by atoms with Crippen LogP contribution in [0.4, 0.5) is 10.1 Å². The first-order valence-electron chi connectivity index (χ1n) is 9.17. The lowest BCUT2D eigenvalue weighted by atomic mass is 10.0. The van der Waals surface area contributed by atoms with Crippen LogP contribution in [0.2, 0.25) is 0 Å². The molecule has 4 N–H and O–H groups in total. The molecule has 7 heteroatoms. The number of carbonyl (C=O) groups is 1. The van der Waals surface area contributed by atoms with E-state index in [0.717, 1.165) is 28.9 Å². The molecule has 0 aliphatic rings. The Balaban J connectivity index is 0.000000687. The quantitative estimate of drug-likeness (QED) is 0.245. The van der Waals surface area contributed by atoms with Gasteiger partial charge in [-0.3, -0.25) is 10.2 Å². The number of nitrogens with two attached hydrogens (primary N) is 1. The third-order valence-electron chi connectivity index (χ3n) is 4.22. The highest BCUT2D eigenvalue weighted by molar-refractivity contribution is 5.59. The third kappa shape index (κ3) is 6.29. The minimum Gasteiger partial charge on any atom is -0.473 e. The van der Waals surface area contributed by atoms with Gasteiger partial charge in [-0.25, -0.2) is 15.2 Å². The van der Waals surface area contributed by atoms with Gasteiger partial charge in [0.25, 0.3) is 0 Å². The maximum absolute atomic E-state index is 13.1. The molecule has 0 radical (unpaired) electrons. The van der Waals surface area contributed by atoms with Crippen LogP contribution in [0.25, 0.3) is 11.3 Å². The van der Waals surface area contributed by atoms with Crippen molar-refractivity contribution < 1.29 is 13.9 Å². The second-order valence-corrected chi connectivity index (χ2v) is 5.99. The first kappa shape index (κ1) is 21.8. The molecule has 0 saturated heterocycles. The molecule has 0 aliphatic heterocycles. The molecule has 0 fully saturated rings. The van der Waals surface area contributed by atoms with E-state index in [9.17, 15) is 4.39 Å². The Hall–Kier alpha value is -3.45. The van der Waals surface area contributed by atoms with E-state index in [4.69, 9.17) is 9.53 Å². The van der Waals surface area contributed by atoms with Crippen molar-refractivity contribution in [2.45, 2.75) is 20.0 Å². The van der Waals surface area contributed by atoms with Crippen molar-refractivity contribution in [2.75, 3.05) is 12.4 Å². The lowest BCUT2D eigenvalue weighted by Gasteiger charge is -2.14. The van der Waals surface area contributed by atoms with E-state index in [-0.39, 0.29) is 5.82 Å². The summed E-state index contributed by atoms with van der Waals surface area (Å²) in [5, 5.41) is 3.21. The number of hydrogen-bond donors (Lipinski definition) is 3. The molecule has 0 unspecified atom stereocenters. The van der Waals surface area contributed by atoms with E-state index in [0.29, 0.717) is 18.9 Å². The van der Waals surface area contributed by atoms with E-state index in [2.05, 4.69) is 29.1 Å². The Morgan fingerprint density at radius 1 is 1.10 bits per heavy atom. The first-order chi connectivity index (χ1) is 14.1. The van der Waals surface area contributed by atoms with Crippen molar-refractivity contribution in [3.8, 4) is 17.1 Å². The number of nitrogens with one attached hydrogen (secondary N) is 2. The Morgan fingerprint density at radius 2 is 1.79 bits per heavy atom. The topological polar surface area (TPSA) is 89.3 Å². The molecule has 0 aliphatic carbocycles. The molecular weight excluding hydrogens is 371 g/mol. The predicted molar refractivity (Wildman–Crippen MR) is 113 cm³/mol. The molecule has 2 aromatic carbocycles. The minimum atomic E-state index is -0.257. The van der Waals surface area contributed by atoms with Crippen LogP contribution in [-0.2, 0) is 17.8 Å². The van der Waals surface area contributed by atoms with Crippen LogP contribution in [0.1, 0.15) is 18.1 Å². The van der Waals surface area contributed by atoms with Gasteiger partial charge in [-0.05, 0) is 48.4 Å². The number of carbonyl (C=O) groups excluding carboxylic acids is 1. The van der Waals surface area contributed by atoms with Crippen LogP contribution < -0.4 is 21.3 Å². The van der Waals surface area contributed by atoms with Crippen LogP contribution in [0, 0.1) is 5.82 Å². The third-order valence-corrected chi connectivity index (χ3v) is 4.22. The fourth-order valence-corrected chi connectivity index (χ4v) is 2.79. The molecular formula is C22H25FN4O2. The fourth-order valence-electron chi connectivity index (χ4n) is 2.79. The van der Waals surface area contributed by atoms with Gasteiger partial charge < -0.3 is 10.1 Å². The lowest BCUT2D eigenvalue weighted by molar-refractivity contribution is -0.109. The molecule has 29 heavy (non-hydrogen) atoms. The van der Waals surface area contributed by atoms with Crippen molar-refractivity contribution in [2.24, 2.45) is 5.84 Å². The maximum Gasteiger partial charge on any atom is 0.221 e. The average molecular weight is 396 g/mol. The predicted octanol–water partition coefficient (Wildman–Crippen LogP) is 3.68. The van der Waals surface area contributed by atoms with Gasteiger partial charge in [-0.1, -0.05) is 25.1 Å². The molecule has 0 bridgehead atoms. The number of halogens is 1. The van der Waals surface area contributed by atoms with Gasteiger partial charge in [0.05, 0.1) is 5.69 Å². The number of benzene rings is 2. The number of amides is 1. The maximum atomic E-state index is 13.1. The summed E-state index contributed by atoms with van der Waals surface area (Å²) < 4.78 is 19.0. The normalized spacial score (nSPS) is 9.79. The molecule has 1 amide bonds. The fraction of sp³-hybridized carbons (Fsp3) is 0.182. The zero-order valence-corrected chi connectivity index (χ0v) is 16.5. The van der Waals surface area contributed by atoms with Crippen LogP contribution >= 0.6 is 0 Å². The van der Waals surface area contributed by atoms with E-state index in [1.807, 2.05) is 37.4 Å². The summed E-state index contributed by atoms with van der Waals surface area (Å²) in [7, 11) is 1.91. The Morgan fingerprint density at radius 3 is 2.41 bits per heavy atom. The summed E-state index contributed by atoms with van der Waals surface area (Å²) in [6.07, 6.45) is 1.34. The van der Waals surface area contributed by atoms with Gasteiger partial charge in [0, 0.05) is 29.9 Å². The average Bonchev–Trinajstić information content (AvgIpc) is 2.78. The minimum absolute atomic E-state index is 0.257. The number of anilines is 1. The Bertz CT molecular complexity index is 895. The summed E-state index contributed by atoms with van der Waals surface area (Å²) >= 11 is 0. The molecule has 6 nitrogen and oxygen atoms in total. The number of rotatable bonds is 7. The number of hydrazine groups is 1. The number of aryl methyl sites for hydroxylation is 1. The van der Waals surface area contributed by atoms with Gasteiger partial charge in [0.2, 0.25) is 12.3 Å². The number of aromatic nitrogens is 1. The van der Waals surface area contributed by atoms with Crippen molar-refractivity contribution >= 4 is 12.1 Å². The van der Waals surface area contributed by atoms with E-state index in [1.54, 1.807) is 17.6 Å². The van der Waals surface area contributed by atoms with Gasteiger partial charge in [0.1, 0.15) is 12.4 Å². The monoisotopic (exact) mass is 396 g/mol. The molecule has 1 aromatic heterocycles. The molecule has 1 heterocycles. The zero-order chi connectivity index (χ0) is 21.1.